The summed E-state index contributed by atoms with van der Waals surface area (Å²) >= 11 is 0. The minimum atomic E-state index is -1.54. The van der Waals surface area contributed by atoms with E-state index in [1.807, 2.05) is 7.05 Å². The summed E-state index contributed by atoms with van der Waals surface area (Å²) in [7, 11) is 1.87. The molecule has 0 heterocycles. The van der Waals surface area contributed by atoms with Gasteiger partial charge in [-0.15, -0.1) is 0 Å². The van der Waals surface area contributed by atoms with Crippen LogP contribution in [0.2, 0.25) is 0 Å². The number of ether oxygens (including phenoxy) is 6. The predicted octanol–water partition coefficient (Wildman–Crippen LogP) is -4.46. The summed E-state index contributed by atoms with van der Waals surface area (Å²) in [6.07, 6.45) is -8.88. The molecule has 0 radical (unpaired) electrons. The van der Waals surface area contributed by atoms with E-state index in [9.17, 15) is 30.6 Å². The third-order valence-corrected chi connectivity index (χ3v) is 6.23. The Bertz CT molecular complexity index is 560. The maximum absolute atomic E-state index is 10.3. The second kappa shape index (κ2) is 30.0. The van der Waals surface area contributed by atoms with Gasteiger partial charge in [0.05, 0.1) is 104 Å². The molecule has 0 saturated heterocycles. The van der Waals surface area contributed by atoms with Crippen molar-refractivity contribution in [1.29, 1.82) is 0 Å². The number of rotatable bonds is 33. The first kappa shape index (κ1) is 42.4. The van der Waals surface area contributed by atoms with Crippen molar-refractivity contribution in [3.8, 4) is 0 Å². The number of aliphatic hydroxyl groups excluding tert-OH is 8. The molecule has 0 aliphatic rings. The molecule has 6 atom stereocenters. The quantitative estimate of drug-likeness (QED) is 0.0310. The van der Waals surface area contributed by atoms with Crippen molar-refractivity contribution in [3.63, 3.8) is 0 Å². The minimum absolute atomic E-state index is 0.126. The Morgan fingerprint density at radius 2 is 0.814 bits per heavy atom. The van der Waals surface area contributed by atoms with Crippen LogP contribution in [0.5, 0.6) is 0 Å². The number of nitrogens with zero attached hydrogens (tertiary/aromatic N) is 1. The zero-order valence-corrected chi connectivity index (χ0v) is 25.6. The third-order valence-electron chi connectivity index (χ3n) is 6.23. The summed E-state index contributed by atoms with van der Waals surface area (Å²) in [4.78, 5) is 1.50. The van der Waals surface area contributed by atoms with E-state index < -0.39 is 36.6 Å². The van der Waals surface area contributed by atoms with Crippen molar-refractivity contribution in [2.45, 2.75) is 49.5 Å². The van der Waals surface area contributed by atoms with Gasteiger partial charge in [-0.25, -0.2) is 0 Å². The standard InChI is InChI=1S/C27H58N2O14/c1-28-4-8-38-10-12-40-14-16-42-18-19-43-17-15-41-13-11-39-9-5-29(20-24(34)26(36)22(32)2-6-30)21-25(35)27(37)23(33)3-7-31/h22-28,30-37H,2-21H2,1H3. The molecule has 16 nitrogen and oxygen atoms in total. The van der Waals surface area contributed by atoms with Gasteiger partial charge in [-0.05, 0) is 19.9 Å². The second-order valence-corrected chi connectivity index (χ2v) is 9.81. The Balaban J connectivity index is 4.07. The summed E-state index contributed by atoms with van der Waals surface area (Å²) in [5, 5.41) is 81.5. The van der Waals surface area contributed by atoms with Crippen LogP contribution in [0.25, 0.3) is 0 Å². The maximum Gasteiger partial charge on any atom is 0.107 e. The van der Waals surface area contributed by atoms with E-state index in [0.29, 0.717) is 66.1 Å². The SMILES string of the molecule is CNCCOCCOCCOCCOCCOCCOCCN(CC(O)C(O)C(O)CCO)CC(O)C(O)C(O)CCO. The number of hydrogen-bond donors (Lipinski definition) is 9. The zero-order valence-electron chi connectivity index (χ0n) is 25.6. The van der Waals surface area contributed by atoms with E-state index in [1.54, 1.807) is 0 Å². The molecule has 0 aromatic carbocycles. The number of hydrogen-bond acceptors (Lipinski definition) is 16. The molecule has 43 heavy (non-hydrogen) atoms. The molecule has 0 aromatic heterocycles. The molecular formula is C27H58N2O14. The van der Waals surface area contributed by atoms with Crippen LogP contribution in [-0.2, 0) is 28.4 Å². The van der Waals surface area contributed by atoms with Crippen molar-refractivity contribution in [3.05, 3.63) is 0 Å². The molecular weight excluding hydrogens is 576 g/mol. The number of nitrogens with one attached hydrogen (secondary N) is 1. The highest BCUT2D eigenvalue weighted by Crippen LogP contribution is 2.10. The molecule has 0 amide bonds. The lowest BCUT2D eigenvalue weighted by atomic mass is 10.0. The first-order valence-electron chi connectivity index (χ1n) is 14.9. The Kier molecular flexibility index (Phi) is 29.6. The highest BCUT2D eigenvalue weighted by Gasteiger charge is 2.30. The van der Waals surface area contributed by atoms with Gasteiger partial charge in [-0.2, -0.15) is 0 Å². The van der Waals surface area contributed by atoms with Crippen LogP contribution >= 0.6 is 0 Å². The van der Waals surface area contributed by atoms with Crippen LogP contribution in [0.15, 0.2) is 0 Å². The largest absolute Gasteiger partial charge is 0.396 e. The lowest BCUT2D eigenvalue weighted by molar-refractivity contribution is -0.0945. The average molecular weight is 635 g/mol. The molecule has 260 valence electrons. The molecule has 9 N–H and O–H groups in total. The lowest BCUT2D eigenvalue weighted by Gasteiger charge is -2.32. The molecule has 0 aliphatic carbocycles. The summed E-state index contributed by atoms with van der Waals surface area (Å²) < 4.78 is 32.6. The molecule has 0 aromatic rings. The van der Waals surface area contributed by atoms with Crippen LogP contribution in [0, 0.1) is 0 Å². The van der Waals surface area contributed by atoms with Gasteiger partial charge >= 0.3 is 0 Å². The molecule has 0 saturated carbocycles. The fraction of sp³-hybridized carbons (Fsp3) is 1.00. The Labute approximate surface area is 255 Å². The first-order valence-corrected chi connectivity index (χ1v) is 14.9. The van der Waals surface area contributed by atoms with E-state index in [2.05, 4.69) is 5.32 Å². The van der Waals surface area contributed by atoms with Gasteiger partial charge in [0.25, 0.3) is 0 Å². The molecule has 6 unspecified atom stereocenters. The van der Waals surface area contributed by atoms with Gasteiger partial charge in [0.15, 0.2) is 0 Å². The summed E-state index contributed by atoms with van der Waals surface area (Å²) in [6.45, 7) is 4.92. The molecule has 0 rings (SSSR count). The van der Waals surface area contributed by atoms with Gasteiger partial charge in [0, 0.05) is 39.4 Å². The monoisotopic (exact) mass is 634 g/mol. The van der Waals surface area contributed by atoms with Crippen LogP contribution in [-0.4, -0.2) is 208 Å². The summed E-state index contributed by atoms with van der Waals surface area (Å²) in [5.74, 6) is 0. The van der Waals surface area contributed by atoms with Crippen molar-refractivity contribution >= 4 is 0 Å². The van der Waals surface area contributed by atoms with Crippen molar-refractivity contribution < 1.29 is 69.3 Å². The summed E-state index contributed by atoms with van der Waals surface area (Å²) in [6, 6.07) is 0. The highest BCUT2D eigenvalue weighted by atomic mass is 16.6. The first-order chi connectivity index (χ1) is 20.8. The number of likely N-dealkylation sites (N-methyl/N-ethyl adjacent to an activating group) is 1. The normalized spacial score (nSPS) is 16.3. The smallest absolute Gasteiger partial charge is 0.107 e. The van der Waals surface area contributed by atoms with Crippen LogP contribution in [0.3, 0.4) is 0 Å². The zero-order chi connectivity index (χ0) is 32.1. The van der Waals surface area contributed by atoms with E-state index in [1.165, 1.54) is 4.90 Å². The highest BCUT2D eigenvalue weighted by molar-refractivity contribution is 4.82. The van der Waals surface area contributed by atoms with E-state index in [4.69, 9.17) is 38.6 Å². The topological polar surface area (TPSA) is 232 Å². The van der Waals surface area contributed by atoms with Gasteiger partial charge in [0.2, 0.25) is 0 Å². The van der Waals surface area contributed by atoms with Crippen molar-refractivity contribution in [2.75, 3.05) is 126 Å². The maximum atomic E-state index is 10.3. The van der Waals surface area contributed by atoms with E-state index in [-0.39, 0.29) is 58.9 Å². The van der Waals surface area contributed by atoms with Gasteiger partial charge < -0.3 is 74.6 Å². The van der Waals surface area contributed by atoms with E-state index in [0.717, 1.165) is 6.54 Å². The third kappa shape index (κ3) is 24.3. The predicted molar refractivity (Wildman–Crippen MR) is 155 cm³/mol. The summed E-state index contributed by atoms with van der Waals surface area (Å²) in [5.41, 5.74) is 0. The lowest BCUT2D eigenvalue weighted by Crippen LogP contribution is -2.50. The Hall–Kier alpha value is -0.640. The van der Waals surface area contributed by atoms with E-state index >= 15 is 0 Å². The van der Waals surface area contributed by atoms with Gasteiger partial charge in [-0.3, -0.25) is 4.90 Å². The fourth-order valence-electron chi connectivity index (χ4n) is 3.69. The fourth-order valence-corrected chi connectivity index (χ4v) is 3.69. The van der Waals surface area contributed by atoms with Crippen molar-refractivity contribution in [2.24, 2.45) is 0 Å². The van der Waals surface area contributed by atoms with Crippen LogP contribution in [0.1, 0.15) is 12.8 Å². The molecule has 0 bridgehead atoms. The molecule has 0 aliphatic heterocycles. The van der Waals surface area contributed by atoms with Crippen LogP contribution < -0.4 is 5.32 Å². The van der Waals surface area contributed by atoms with Gasteiger partial charge in [0.1, 0.15) is 12.2 Å². The molecule has 0 spiro atoms. The second-order valence-electron chi connectivity index (χ2n) is 9.81. The Morgan fingerprint density at radius 3 is 1.14 bits per heavy atom. The van der Waals surface area contributed by atoms with Gasteiger partial charge in [-0.1, -0.05) is 0 Å². The van der Waals surface area contributed by atoms with Crippen molar-refractivity contribution in [1.82, 2.24) is 10.2 Å². The number of aliphatic hydroxyl groups is 8. The van der Waals surface area contributed by atoms with Crippen LogP contribution in [0.4, 0.5) is 0 Å². The average Bonchev–Trinajstić information content (AvgIpc) is 2.99. The molecule has 16 heteroatoms. The molecule has 0 fully saturated rings. The minimum Gasteiger partial charge on any atom is -0.396 e. The Morgan fingerprint density at radius 1 is 0.488 bits per heavy atom.